The maximum absolute atomic E-state index is 11.3. The Morgan fingerprint density at radius 1 is 0.583 bits per heavy atom. The minimum absolute atomic E-state index is 0.123. The highest BCUT2D eigenvalue weighted by atomic mass is 16.3. The minimum atomic E-state index is -0.147. The Hall–Kier alpha value is -5.22. The van der Waals surface area contributed by atoms with E-state index in [9.17, 15) is 5.11 Å². The molecule has 0 aliphatic carbocycles. The second-order valence-electron chi connectivity index (χ2n) is 14.7. The van der Waals surface area contributed by atoms with Gasteiger partial charge in [-0.05, 0) is 99.8 Å². The number of phenolic OH excluding ortho intramolecular Hbond substituents is 1. The van der Waals surface area contributed by atoms with Gasteiger partial charge in [0.2, 0.25) is 0 Å². The zero-order valence-corrected chi connectivity index (χ0v) is 29.1. The van der Waals surface area contributed by atoms with E-state index in [-0.39, 0.29) is 22.5 Å². The summed E-state index contributed by atoms with van der Waals surface area (Å²) in [6.07, 6.45) is 1.83. The summed E-state index contributed by atoms with van der Waals surface area (Å²) in [6, 6.07) is 43.8. The summed E-state index contributed by atoms with van der Waals surface area (Å²) in [5.41, 5.74) is 9.82. The maximum Gasteiger partial charge on any atom is 0.137 e. The van der Waals surface area contributed by atoms with Crippen LogP contribution in [0, 0.1) is 0 Å². The SMILES string of the molecule is CC(c1ccccc1)c1ccc(O)c(-c2cc(C(C)(C)C)cc(-c3cc(N(c4ccccc4)c4ccccn4)cc(C(C)(C)C)c3)n2)c1. The number of aromatic nitrogens is 2. The Bertz CT molecular complexity index is 1970. The van der Waals surface area contributed by atoms with Gasteiger partial charge in [-0.1, -0.05) is 109 Å². The number of hydrogen-bond donors (Lipinski definition) is 1. The first-order valence-corrected chi connectivity index (χ1v) is 16.7. The molecule has 1 atom stereocenters. The second-order valence-corrected chi connectivity index (χ2v) is 14.7. The van der Waals surface area contributed by atoms with E-state index in [2.05, 4.69) is 138 Å². The van der Waals surface area contributed by atoms with Gasteiger partial charge in [0.25, 0.3) is 0 Å². The third-order valence-corrected chi connectivity index (χ3v) is 9.02. The number of nitrogens with zero attached hydrogens (tertiary/aromatic N) is 3. The maximum atomic E-state index is 11.3. The highest BCUT2D eigenvalue weighted by Crippen LogP contribution is 2.41. The van der Waals surface area contributed by atoms with Crippen molar-refractivity contribution in [1.29, 1.82) is 0 Å². The van der Waals surface area contributed by atoms with Crippen molar-refractivity contribution < 1.29 is 5.11 Å². The fraction of sp³-hybridized carbons (Fsp3) is 0.227. The lowest BCUT2D eigenvalue weighted by atomic mass is 9.83. The zero-order chi connectivity index (χ0) is 34.1. The van der Waals surface area contributed by atoms with Crippen LogP contribution in [0.2, 0.25) is 0 Å². The van der Waals surface area contributed by atoms with Crippen LogP contribution in [0.4, 0.5) is 17.2 Å². The summed E-state index contributed by atoms with van der Waals surface area (Å²) >= 11 is 0. The Morgan fingerprint density at radius 2 is 1.21 bits per heavy atom. The standard InChI is InChI=1S/C44H45N3O/c1-30(31-16-10-8-11-17-31)32-21-22-41(48)38(26-32)40-29-35(44(5,6)7)28-39(46-40)33-24-34(43(2,3)4)27-37(25-33)47(36-18-12-9-13-19-36)42-20-14-15-23-45-42/h8-30,48H,1-7H3. The number of phenols is 1. The molecule has 0 amide bonds. The van der Waals surface area contributed by atoms with Crippen LogP contribution in [-0.4, -0.2) is 15.1 Å². The van der Waals surface area contributed by atoms with E-state index in [4.69, 9.17) is 9.97 Å². The number of para-hydroxylation sites is 1. The smallest absolute Gasteiger partial charge is 0.137 e. The Labute approximate surface area is 285 Å². The lowest BCUT2D eigenvalue weighted by Crippen LogP contribution is -2.16. The van der Waals surface area contributed by atoms with Crippen LogP contribution in [0.1, 0.15) is 76.6 Å². The molecule has 4 aromatic carbocycles. The van der Waals surface area contributed by atoms with E-state index in [0.29, 0.717) is 0 Å². The first kappa shape index (κ1) is 32.7. The Morgan fingerprint density at radius 3 is 1.85 bits per heavy atom. The summed E-state index contributed by atoms with van der Waals surface area (Å²) in [7, 11) is 0. The van der Waals surface area contributed by atoms with Crippen molar-refractivity contribution in [3.05, 3.63) is 156 Å². The number of anilines is 3. The number of hydrogen-bond acceptors (Lipinski definition) is 4. The van der Waals surface area contributed by atoms with Gasteiger partial charge in [0.05, 0.1) is 11.4 Å². The van der Waals surface area contributed by atoms with Gasteiger partial charge >= 0.3 is 0 Å². The monoisotopic (exact) mass is 631 g/mol. The van der Waals surface area contributed by atoms with Gasteiger partial charge < -0.3 is 5.11 Å². The number of benzene rings is 4. The predicted molar refractivity (Wildman–Crippen MR) is 201 cm³/mol. The predicted octanol–water partition coefficient (Wildman–Crippen LogP) is 11.7. The zero-order valence-electron chi connectivity index (χ0n) is 29.1. The Balaban J connectivity index is 1.56. The lowest BCUT2D eigenvalue weighted by molar-refractivity contribution is 0.476. The van der Waals surface area contributed by atoms with E-state index in [1.165, 1.54) is 11.1 Å². The molecule has 0 aliphatic rings. The fourth-order valence-electron chi connectivity index (χ4n) is 6.01. The van der Waals surface area contributed by atoms with Crippen LogP contribution in [-0.2, 0) is 10.8 Å². The molecule has 0 radical (unpaired) electrons. The molecule has 0 spiro atoms. The van der Waals surface area contributed by atoms with Crippen LogP contribution in [0.3, 0.4) is 0 Å². The van der Waals surface area contributed by atoms with E-state index < -0.39 is 0 Å². The second kappa shape index (κ2) is 13.1. The molecule has 2 heterocycles. The van der Waals surface area contributed by atoms with Gasteiger partial charge in [-0.15, -0.1) is 0 Å². The van der Waals surface area contributed by atoms with Gasteiger partial charge in [0, 0.05) is 34.6 Å². The summed E-state index contributed by atoms with van der Waals surface area (Å²) in [5.74, 6) is 1.22. The number of rotatable bonds is 7. The summed E-state index contributed by atoms with van der Waals surface area (Å²) < 4.78 is 0. The van der Waals surface area contributed by atoms with Crippen molar-refractivity contribution in [3.63, 3.8) is 0 Å². The van der Waals surface area contributed by atoms with Crippen molar-refractivity contribution >= 4 is 17.2 Å². The summed E-state index contributed by atoms with van der Waals surface area (Å²) in [4.78, 5) is 12.3. The molecule has 6 rings (SSSR count). The average Bonchev–Trinajstić information content (AvgIpc) is 3.08. The van der Waals surface area contributed by atoms with E-state index in [0.717, 1.165) is 50.8 Å². The molecule has 0 fully saturated rings. The molecule has 0 bridgehead atoms. The third-order valence-electron chi connectivity index (χ3n) is 9.02. The van der Waals surface area contributed by atoms with Gasteiger partial charge in [0.15, 0.2) is 0 Å². The van der Waals surface area contributed by atoms with Crippen LogP contribution >= 0.6 is 0 Å². The van der Waals surface area contributed by atoms with Gasteiger partial charge in [-0.25, -0.2) is 9.97 Å². The lowest BCUT2D eigenvalue weighted by Gasteiger charge is -2.28. The fourth-order valence-corrected chi connectivity index (χ4v) is 6.01. The molecule has 242 valence electrons. The van der Waals surface area contributed by atoms with E-state index >= 15 is 0 Å². The van der Waals surface area contributed by atoms with Crippen LogP contribution in [0.25, 0.3) is 22.5 Å². The highest BCUT2D eigenvalue weighted by Gasteiger charge is 2.23. The van der Waals surface area contributed by atoms with E-state index in [1.807, 2.05) is 42.6 Å². The van der Waals surface area contributed by atoms with Crippen molar-refractivity contribution in [2.75, 3.05) is 4.90 Å². The third kappa shape index (κ3) is 7.03. The largest absolute Gasteiger partial charge is 0.507 e. The van der Waals surface area contributed by atoms with Crippen LogP contribution < -0.4 is 4.90 Å². The van der Waals surface area contributed by atoms with Gasteiger partial charge in [0.1, 0.15) is 11.6 Å². The number of aromatic hydroxyl groups is 1. The molecule has 6 aromatic rings. The molecule has 48 heavy (non-hydrogen) atoms. The summed E-state index contributed by atoms with van der Waals surface area (Å²) in [5, 5.41) is 11.3. The molecular formula is C44H45N3O. The topological polar surface area (TPSA) is 49.2 Å². The normalized spacial score (nSPS) is 12.5. The molecule has 4 heteroatoms. The quantitative estimate of drug-likeness (QED) is 0.190. The number of pyridine rings is 2. The molecule has 0 saturated heterocycles. The van der Waals surface area contributed by atoms with Crippen LogP contribution in [0.15, 0.2) is 134 Å². The summed E-state index contributed by atoms with van der Waals surface area (Å²) in [6.45, 7) is 15.6. The molecule has 2 aromatic heterocycles. The average molecular weight is 632 g/mol. The minimum Gasteiger partial charge on any atom is -0.507 e. The van der Waals surface area contributed by atoms with Gasteiger partial charge in [-0.3, -0.25) is 4.90 Å². The van der Waals surface area contributed by atoms with Crippen molar-refractivity contribution in [2.24, 2.45) is 0 Å². The van der Waals surface area contributed by atoms with Crippen LogP contribution in [0.5, 0.6) is 5.75 Å². The van der Waals surface area contributed by atoms with Crippen molar-refractivity contribution in [1.82, 2.24) is 9.97 Å². The molecule has 1 N–H and O–H groups in total. The van der Waals surface area contributed by atoms with Crippen molar-refractivity contribution in [2.45, 2.75) is 65.2 Å². The first-order valence-electron chi connectivity index (χ1n) is 16.7. The molecule has 0 saturated carbocycles. The molecular weight excluding hydrogens is 587 g/mol. The first-order chi connectivity index (χ1) is 22.9. The molecule has 1 unspecified atom stereocenters. The molecule has 4 nitrogen and oxygen atoms in total. The van der Waals surface area contributed by atoms with Gasteiger partial charge in [-0.2, -0.15) is 0 Å². The van der Waals surface area contributed by atoms with Crippen molar-refractivity contribution in [3.8, 4) is 28.3 Å². The van der Waals surface area contributed by atoms with E-state index in [1.54, 1.807) is 6.07 Å². The highest BCUT2D eigenvalue weighted by molar-refractivity contribution is 5.80. The molecule has 0 aliphatic heterocycles. The Kier molecular flexibility index (Phi) is 8.94.